The van der Waals surface area contributed by atoms with Gasteiger partial charge in [0.25, 0.3) is 0 Å². The Morgan fingerprint density at radius 1 is 1.32 bits per heavy atom. The molecule has 0 saturated carbocycles. The molecule has 1 aliphatic heterocycles. The molecule has 0 amide bonds. The number of carbonyl (C=O) groups is 1. The van der Waals surface area contributed by atoms with Crippen molar-refractivity contribution in [2.24, 2.45) is 4.99 Å². The van der Waals surface area contributed by atoms with Gasteiger partial charge in [-0.2, -0.15) is 0 Å². The van der Waals surface area contributed by atoms with E-state index in [9.17, 15) is 4.79 Å². The summed E-state index contributed by atoms with van der Waals surface area (Å²) in [5.41, 5.74) is 1.89. The molecule has 0 atom stereocenters. The molecule has 0 aliphatic carbocycles. The van der Waals surface area contributed by atoms with Crippen molar-refractivity contribution in [3.05, 3.63) is 42.1 Å². The molecule has 0 radical (unpaired) electrons. The Kier molecular flexibility index (Phi) is 3.82. The van der Waals surface area contributed by atoms with Crippen molar-refractivity contribution in [2.45, 2.75) is 13.5 Å². The standard InChI is InChI=1S/C16H17N3O3/c1-3-22-16(20)15-18-14-11(8-9-17-14)10-19(15)12-4-6-13(21-2)7-5-12/h4-9,17H,3,10H2,1-2H3. The van der Waals surface area contributed by atoms with E-state index >= 15 is 0 Å². The summed E-state index contributed by atoms with van der Waals surface area (Å²) in [6, 6.07) is 9.45. The van der Waals surface area contributed by atoms with Crippen LogP contribution in [0, 0.1) is 0 Å². The zero-order valence-electron chi connectivity index (χ0n) is 12.5. The van der Waals surface area contributed by atoms with Crippen molar-refractivity contribution in [1.82, 2.24) is 4.98 Å². The van der Waals surface area contributed by atoms with E-state index in [0.717, 1.165) is 17.0 Å². The molecule has 1 N–H and O–H groups in total. The van der Waals surface area contributed by atoms with Gasteiger partial charge in [0.05, 0.1) is 20.3 Å². The van der Waals surface area contributed by atoms with Crippen molar-refractivity contribution < 1.29 is 14.3 Å². The number of hydrogen-bond donors (Lipinski definition) is 1. The number of hydrogen-bond acceptors (Lipinski definition) is 5. The van der Waals surface area contributed by atoms with E-state index < -0.39 is 5.97 Å². The van der Waals surface area contributed by atoms with E-state index in [-0.39, 0.29) is 5.84 Å². The number of benzene rings is 1. The molecule has 2 heterocycles. The summed E-state index contributed by atoms with van der Waals surface area (Å²) in [7, 11) is 1.62. The number of anilines is 1. The molecule has 0 fully saturated rings. The number of carbonyl (C=O) groups excluding carboxylic acids is 1. The molecule has 1 aliphatic rings. The van der Waals surface area contributed by atoms with Crippen molar-refractivity contribution >= 4 is 23.3 Å². The van der Waals surface area contributed by atoms with Gasteiger partial charge in [0.2, 0.25) is 5.84 Å². The maximum Gasteiger partial charge on any atom is 0.374 e. The van der Waals surface area contributed by atoms with Crippen LogP contribution in [0.25, 0.3) is 0 Å². The lowest BCUT2D eigenvalue weighted by Gasteiger charge is -2.28. The molecule has 114 valence electrons. The molecule has 0 saturated heterocycles. The monoisotopic (exact) mass is 299 g/mol. The second-order valence-electron chi connectivity index (χ2n) is 4.79. The van der Waals surface area contributed by atoms with Crippen LogP contribution in [-0.2, 0) is 16.1 Å². The summed E-state index contributed by atoms with van der Waals surface area (Å²) in [5.74, 6) is 1.31. The number of nitrogens with one attached hydrogen (secondary N) is 1. The molecule has 6 nitrogen and oxygen atoms in total. The summed E-state index contributed by atoms with van der Waals surface area (Å²) < 4.78 is 10.3. The van der Waals surface area contributed by atoms with Crippen LogP contribution in [0.15, 0.2) is 41.5 Å². The van der Waals surface area contributed by atoms with Crippen molar-refractivity contribution in [3.63, 3.8) is 0 Å². The fourth-order valence-electron chi connectivity index (χ4n) is 2.36. The van der Waals surface area contributed by atoms with Crippen LogP contribution in [0.1, 0.15) is 12.5 Å². The van der Waals surface area contributed by atoms with Gasteiger partial charge < -0.3 is 19.4 Å². The number of aliphatic imine (C=N–C) groups is 1. The predicted molar refractivity (Wildman–Crippen MR) is 83.7 cm³/mol. The molecule has 3 rings (SSSR count). The highest BCUT2D eigenvalue weighted by atomic mass is 16.5. The van der Waals surface area contributed by atoms with Crippen LogP contribution < -0.4 is 9.64 Å². The Morgan fingerprint density at radius 2 is 2.09 bits per heavy atom. The SMILES string of the molecule is CCOC(=O)C1=Nc2[nH]ccc2CN1c1ccc(OC)cc1. The van der Waals surface area contributed by atoms with E-state index in [2.05, 4.69) is 9.98 Å². The van der Waals surface area contributed by atoms with Crippen LogP contribution in [0.3, 0.4) is 0 Å². The molecule has 0 unspecified atom stereocenters. The fraction of sp³-hybridized carbons (Fsp3) is 0.250. The first-order chi connectivity index (χ1) is 10.7. The highest BCUT2D eigenvalue weighted by Crippen LogP contribution is 2.29. The number of fused-ring (bicyclic) bond motifs is 1. The lowest BCUT2D eigenvalue weighted by Crippen LogP contribution is -2.39. The number of H-pyrrole nitrogens is 1. The number of aromatic nitrogens is 1. The lowest BCUT2D eigenvalue weighted by molar-refractivity contribution is -0.135. The molecule has 6 heteroatoms. The minimum absolute atomic E-state index is 0.280. The zero-order chi connectivity index (χ0) is 15.5. The van der Waals surface area contributed by atoms with Crippen LogP contribution in [-0.4, -0.2) is 30.5 Å². The van der Waals surface area contributed by atoms with E-state index in [1.165, 1.54) is 0 Å². The van der Waals surface area contributed by atoms with E-state index in [4.69, 9.17) is 9.47 Å². The Hall–Kier alpha value is -2.76. The molecule has 0 bridgehead atoms. The van der Waals surface area contributed by atoms with Gasteiger partial charge in [-0.25, -0.2) is 9.79 Å². The Bertz CT molecular complexity index is 704. The number of esters is 1. The highest BCUT2D eigenvalue weighted by Gasteiger charge is 2.28. The topological polar surface area (TPSA) is 66.9 Å². The highest BCUT2D eigenvalue weighted by molar-refractivity contribution is 6.41. The normalized spacial score (nSPS) is 13.4. The predicted octanol–water partition coefficient (Wildman–Crippen LogP) is 2.64. The molecular weight excluding hydrogens is 282 g/mol. The van der Waals surface area contributed by atoms with Crippen molar-refractivity contribution in [3.8, 4) is 5.75 Å². The van der Waals surface area contributed by atoms with Gasteiger partial charge >= 0.3 is 5.97 Å². The first-order valence-corrected chi connectivity index (χ1v) is 7.06. The summed E-state index contributed by atoms with van der Waals surface area (Å²) in [6.45, 7) is 2.65. The number of methoxy groups -OCH3 is 1. The molecule has 1 aromatic carbocycles. The molecule has 22 heavy (non-hydrogen) atoms. The number of amidine groups is 1. The van der Waals surface area contributed by atoms with Crippen molar-refractivity contribution in [2.75, 3.05) is 18.6 Å². The maximum atomic E-state index is 12.2. The van der Waals surface area contributed by atoms with Crippen LogP contribution in [0.4, 0.5) is 11.5 Å². The number of rotatable bonds is 4. The maximum absolute atomic E-state index is 12.2. The third kappa shape index (κ3) is 2.55. The minimum Gasteiger partial charge on any atom is -0.497 e. The van der Waals surface area contributed by atoms with E-state index in [1.54, 1.807) is 14.0 Å². The third-order valence-electron chi connectivity index (χ3n) is 3.45. The quantitative estimate of drug-likeness (QED) is 0.881. The van der Waals surface area contributed by atoms with Gasteiger partial charge in [-0.15, -0.1) is 0 Å². The van der Waals surface area contributed by atoms with E-state index in [1.807, 2.05) is 41.4 Å². The number of nitrogens with zero attached hydrogens (tertiary/aromatic N) is 2. The second-order valence-corrected chi connectivity index (χ2v) is 4.79. The smallest absolute Gasteiger partial charge is 0.374 e. The average molecular weight is 299 g/mol. The summed E-state index contributed by atoms with van der Waals surface area (Å²) in [6.07, 6.45) is 1.81. The van der Waals surface area contributed by atoms with Crippen LogP contribution >= 0.6 is 0 Å². The number of ether oxygens (including phenoxy) is 2. The molecule has 1 aromatic heterocycles. The third-order valence-corrected chi connectivity index (χ3v) is 3.45. The number of aromatic amines is 1. The van der Waals surface area contributed by atoms with Crippen molar-refractivity contribution in [1.29, 1.82) is 0 Å². The van der Waals surface area contributed by atoms with Gasteiger partial charge in [-0.1, -0.05) is 0 Å². The van der Waals surface area contributed by atoms with Crippen LogP contribution in [0.5, 0.6) is 5.75 Å². The molecular formula is C16H17N3O3. The van der Waals surface area contributed by atoms with Gasteiger partial charge in [0.1, 0.15) is 11.6 Å². The first kappa shape index (κ1) is 14.2. The van der Waals surface area contributed by atoms with Gasteiger partial charge in [-0.3, -0.25) is 0 Å². The average Bonchev–Trinajstić information content (AvgIpc) is 3.01. The van der Waals surface area contributed by atoms with Crippen LogP contribution in [0.2, 0.25) is 0 Å². The van der Waals surface area contributed by atoms with Gasteiger partial charge in [-0.05, 0) is 37.3 Å². The largest absolute Gasteiger partial charge is 0.497 e. The first-order valence-electron chi connectivity index (χ1n) is 7.06. The second kappa shape index (κ2) is 5.93. The summed E-state index contributed by atoms with van der Waals surface area (Å²) >= 11 is 0. The molecule has 2 aromatic rings. The Balaban J connectivity index is 1.98. The Labute approximate surface area is 128 Å². The lowest BCUT2D eigenvalue weighted by atomic mass is 10.2. The summed E-state index contributed by atoms with van der Waals surface area (Å²) in [5, 5.41) is 0. The minimum atomic E-state index is -0.432. The van der Waals surface area contributed by atoms with E-state index in [0.29, 0.717) is 19.0 Å². The Morgan fingerprint density at radius 3 is 2.77 bits per heavy atom. The fourth-order valence-corrected chi connectivity index (χ4v) is 2.36. The summed E-state index contributed by atoms with van der Waals surface area (Å²) in [4.78, 5) is 21.5. The van der Waals surface area contributed by atoms with Gasteiger partial charge in [0, 0.05) is 17.4 Å². The molecule has 0 spiro atoms. The zero-order valence-corrected chi connectivity index (χ0v) is 12.5. The van der Waals surface area contributed by atoms with Gasteiger partial charge in [0.15, 0.2) is 0 Å².